The Morgan fingerprint density at radius 1 is 1.21 bits per heavy atom. The van der Waals surface area contributed by atoms with Gasteiger partial charge in [0.1, 0.15) is 0 Å². The lowest BCUT2D eigenvalue weighted by Gasteiger charge is -2.08. The zero-order valence-electron chi connectivity index (χ0n) is 8.92. The van der Waals surface area contributed by atoms with E-state index in [2.05, 4.69) is 38.3 Å². The second kappa shape index (κ2) is 5.43. The number of benzene rings is 1. The van der Waals surface area contributed by atoms with Gasteiger partial charge in [0.2, 0.25) is 0 Å². The highest BCUT2D eigenvalue weighted by Gasteiger charge is 2.01. The Kier molecular flexibility index (Phi) is 4.18. The van der Waals surface area contributed by atoms with E-state index < -0.39 is 0 Å². The van der Waals surface area contributed by atoms with Gasteiger partial charge in [0.15, 0.2) is 0 Å². The molecule has 0 aliphatic heterocycles. The largest absolute Gasteiger partial charge is 0.0984 e. The van der Waals surface area contributed by atoms with Gasteiger partial charge in [-0.3, -0.25) is 0 Å². The van der Waals surface area contributed by atoms with Crippen LogP contribution in [0.2, 0.25) is 0 Å². The molecular formula is C14H18. The third-order valence-corrected chi connectivity index (χ3v) is 2.45. The minimum Gasteiger partial charge on any atom is -0.0984 e. The molecule has 0 saturated carbocycles. The van der Waals surface area contributed by atoms with E-state index in [-0.39, 0.29) is 0 Å². The third-order valence-electron chi connectivity index (χ3n) is 2.45. The normalized spacial score (nSPS) is 9.79. The van der Waals surface area contributed by atoms with Gasteiger partial charge in [-0.1, -0.05) is 56.9 Å². The Labute approximate surface area is 87.0 Å². The maximum absolute atomic E-state index is 3.86. The first-order chi connectivity index (χ1) is 6.83. The summed E-state index contributed by atoms with van der Waals surface area (Å²) in [5.41, 5.74) is 3.82. The van der Waals surface area contributed by atoms with Gasteiger partial charge >= 0.3 is 0 Å². The molecule has 0 bridgehead atoms. The van der Waals surface area contributed by atoms with Gasteiger partial charge in [-0.2, -0.15) is 0 Å². The number of hydrogen-bond acceptors (Lipinski definition) is 0. The average molecular weight is 186 g/mol. The van der Waals surface area contributed by atoms with E-state index in [0.29, 0.717) is 0 Å². The fourth-order valence-corrected chi connectivity index (χ4v) is 1.65. The van der Waals surface area contributed by atoms with E-state index in [0.717, 1.165) is 6.42 Å². The lowest BCUT2D eigenvalue weighted by molar-refractivity contribution is 0.794. The van der Waals surface area contributed by atoms with E-state index in [1.807, 2.05) is 12.2 Å². The number of hydrogen-bond donors (Lipinski definition) is 0. The van der Waals surface area contributed by atoms with Crippen molar-refractivity contribution in [1.29, 1.82) is 0 Å². The van der Waals surface area contributed by atoms with Crippen LogP contribution in [-0.2, 0) is 6.42 Å². The van der Waals surface area contributed by atoms with Crippen LogP contribution in [0.4, 0.5) is 0 Å². The fraction of sp³-hybridized carbons (Fsp3) is 0.286. The SMILES string of the molecule is C=Cc1cccc(CCCC)c1C=C. The first kappa shape index (κ1) is 10.8. The van der Waals surface area contributed by atoms with Crippen LogP contribution in [0, 0.1) is 0 Å². The molecule has 14 heavy (non-hydrogen) atoms. The Balaban J connectivity index is 3.02. The molecule has 0 heterocycles. The van der Waals surface area contributed by atoms with Gasteiger partial charge in [0.05, 0.1) is 0 Å². The molecular weight excluding hydrogens is 168 g/mol. The van der Waals surface area contributed by atoms with Crippen molar-refractivity contribution in [3.63, 3.8) is 0 Å². The van der Waals surface area contributed by atoms with Crippen molar-refractivity contribution < 1.29 is 0 Å². The molecule has 0 aliphatic carbocycles. The monoisotopic (exact) mass is 186 g/mol. The molecule has 0 amide bonds. The Morgan fingerprint density at radius 3 is 2.57 bits per heavy atom. The predicted molar refractivity (Wildman–Crippen MR) is 65.2 cm³/mol. The van der Waals surface area contributed by atoms with Crippen molar-refractivity contribution in [3.05, 3.63) is 48.0 Å². The number of aryl methyl sites for hydroxylation is 1. The van der Waals surface area contributed by atoms with Crippen molar-refractivity contribution in [1.82, 2.24) is 0 Å². The molecule has 74 valence electrons. The smallest absolute Gasteiger partial charge is 0.0158 e. The molecule has 0 radical (unpaired) electrons. The van der Waals surface area contributed by atoms with E-state index in [1.165, 1.54) is 29.5 Å². The molecule has 0 aliphatic rings. The van der Waals surface area contributed by atoms with Crippen LogP contribution in [-0.4, -0.2) is 0 Å². The summed E-state index contributed by atoms with van der Waals surface area (Å²) in [6.45, 7) is 9.89. The average Bonchev–Trinajstić information content (AvgIpc) is 2.25. The zero-order valence-corrected chi connectivity index (χ0v) is 8.92. The van der Waals surface area contributed by atoms with Gasteiger partial charge < -0.3 is 0 Å². The quantitative estimate of drug-likeness (QED) is 0.642. The Morgan fingerprint density at radius 2 is 2.00 bits per heavy atom. The molecule has 0 spiro atoms. The lowest BCUT2D eigenvalue weighted by atomic mass is 9.97. The highest BCUT2D eigenvalue weighted by atomic mass is 14.1. The lowest BCUT2D eigenvalue weighted by Crippen LogP contribution is -1.91. The second-order valence-corrected chi connectivity index (χ2v) is 3.43. The van der Waals surface area contributed by atoms with Crippen LogP contribution < -0.4 is 0 Å². The third kappa shape index (κ3) is 2.35. The number of unbranched alkanes of at least 4 members (excludes halogenated alkanes) is 1. The summed E-state index contributed by atoms with van der Waals surface area (Å²) >= 11 is 0. The van der Waals surface area contributed by atoms with Crippen LogP contribution in [0.3, 0.4) is 0 Å². The van der Waals surface area contributed by atoms with E-state index in [9.17, 15) is 0 Å². The molecule has 0 unspecified atom stereocenters. The predicted octanol–water partition coefficient (Wildman–Crippen LogP) is 4.32. The zero-order chi connectivity index (χ0) is 10.4. The van der Waals surface area contributed by atoms with Gasteiger partial charge in [-0.05, 0) is 29.5 Å². The standard InChI is InChI=1S/C14H18/c1-4-7-9-13-11-8-10-12(5-2)14(13)6-3/h5-6,8,10-11H,2-4,7,9H2,1H3. The molecule has 0 N–H and O–H groups in total. The molecule has 0 fully saturated rings. The van der Waals surface area contributed by atoms with Crippen LogP contribution in [0.1, 0.15) is 36.5 Å². The minimum atomic E-state index is 1.14. The molecule has 0 nitrogen and oxygen atoms in total. The highest BCUT2D eigenvalue weighted by Crippen LogP contribution is 2.19. The topological polar surface area (TPSA) is 0 Å². The summed E-state index contributed by atoms with van der Waals surface area (Å²) in [6.07, 6.45) is 7.43. The van der Waals surface area contributed by atoms with E-state index in [4.69, 9.17) is 0 Å². The Bertz CT molecular complexity index is 321. The van der Waals surface area contributed by atoms with Crippen molar-refractivity contribution in [2.24, 2.45) is 0 Å². The first-order valence-electron chi connectivity index (χ1n) is 5.20. The summed E-state index contributed by atoms with van der Waals surface area (Å²) in [7, 11) is 0. The molecule has 1 rings (SSSR count). The van der Waals surface area contributed by atoms with Gasteiger partial charge in [-0.15, -0.1) is 0 Å². The van der Waals surface area contributed by atoms with Crippen LogP contribution in [0.15, 0.2) is 31.4 Å². The fourth-order valence-electron chi connectivity index (χ4n) is 1.65. The van der Waals surface area contributed by atoms with Crippen molar-refractivity contribution >= 4 is 12.2 Å². The van der Waals surface area contributed by atoms with Gasteiger partial charge in [-0.25, -0.2) is 0 Å². The van der Waals surface area contributed by atoms with Crippen molar-refractivity contribution in [3.8, 4) is 0 Å². The van der Waals surface area contributed by atoms with Gasteiger partial charge in [0.25, 0.3) is 0 Å². The first-order valence-corrected chi connectivity index (χ1v) is 5.20. The maximum atomic E-state index is 3.86. The molecule has 0 heteroatoms. The Hall–Kier alpha value is -1.30. The van der Waals surface area contributed by atoms with E-state index >= 15 is 0 Å². The van der Waals surface area contributed by atoms with E-state index in [1.54, 1.807) is 0 Å². The summed E-state index contributed by atoms with van der Waals surface area (Å²) in [4.78, 5) is 0. The van der Waals surface area contributed by atoms with Crippen LogP contribution >= 0.6 is 0 Å². The molecule has 0 atom stereocenters. The van der Waals surface area contributed by atoms with Crippen molar-refractivity contribution in [2.75, 3.05) is 0 Å². The van der Waals surface area contributed by atoms with Crippen molar-refractivity contribution in [2.45, 2.75) is 26.2 Å². The second-order valence-electron chi connectivity index (χ2n) is 3.43. The molecule has 0 aromatic heterocycles. The minimum absolute atomic E-state index is 1.14. The summed E-state index contributed by atoms with van der Waals surface area (Å²) < 4.78 is 0. The van der Waals surface area contributed by atoms with Gasteiger partial charge in [0, 0.05) is 0 Å². The molecule has 0 saturated heterocycles. The maximum Gasteiger partial charge on any atom is -0.0158 e. The summed E-state index contributed by atoms with van der Waals surface area (Å²) in [5, 5.41) is 0. The summed E-state index contributed by atoms with van der Waals surface area (Å²) in [5.74, 6) is 0. The number of rotatable bonds is 5. The van der Waals surface area contributed by atoms with Crippen LogP contribution in [0.5, 0.6) is 0 Å². The summed E-state index contributed by atoms with van der Waals surface area (Å²) in [6, 6.07) is 6.36. The van der Waals surface area contributed by atoms with Crippen LogP contribution in [0.25, 0.3) is 12.2 Å². The molecule has 1 aromatic carbocycles. The molecule has 1 aromatic rings. The highest BCUT2D eigenvalue weighted by molar-refractivity contribution is 5.66.